The van der Waals surface area contributed by atoms with Gasteiger partial charge in [0, 0.05) is 29.8 Å². The predicted molar refractivity (Wildman–Crippen MR) is 97.4 cm³/mol. The molecule has 1 aromatic carbocycles. The zero-order valence-electron chi connectivity index (χ0n) is 16.4. The molecule has 1 heterocycles. The van der Waals surface area contributed by atoms with Crippen molar-refractivity contribution in [3.8, 4) is 11.5 Å². The van der Waals surface area contributed by atoms with Gasteiger partial charge >= 0.3 is 6.09 Å². The minimum Gasteiger partial charge on any atom is -0.496 e. The summed E-state index contributed by atoms with van der Waals surface area (Å²) < 4.78 is 16.9. The molecule has 1 unspecified atom stereocenters. The Kier molecular flexibility index (Phi) is 5.83. The lowest BCUT2D eigenvalue weighted by Gasteiger charge is -2.38. The number of benzene rings is 1. The summed E-state index contributed by atoms with van der Waals surface area (Å²) in [4.78, 5) is 14.3. The van der Waals surface area contributed by atoms with Gasteiger partial charge in [0.25, 0.3) is 0 Å². The molecule has 0 spiro atoms. The fraction of sp³-hybridized carbons (Fsp3) is 0.632. The zero-order chi connectivity index (χ0) is 18.8. The van der Waals surface area contributed by atoms with Crippen LogP contribution < -0.4 is 14.8 Å². The number of carbonyl (C=O) groups is 1. The number of nitrogens with one attached hydrogen (secondary N) is 1. The van der Waals surface area contributed by atoms with Crippen LogP contribution >= 0.6 is 0 Å². The van der Waals surface area contributed by atoms with Gasteiger partial charge in [-0.3, -0.25) is 0 Å². The first-order valence-corrected chi connectivity index (χ1v) is 8.64. The molecular formula is C19H30N2O4. The van der Waals surface area contributed by atoms with Crippen LogP contribution in [0, 0.1) is 0 Å². The number of rotatable bonds is 4. The number of methoxy groups -OCH3 is 2. The second kappa shape index (κ2) is 7.52. The smallest absolute Gasteiger partial charge is 0.410 e. The largest absolute Gasteiger partial charge is 0.496 e. The van der Waals surface area contributed by atoms with Crippen molar-refractivity contribution in [2.24, 2.45) is 0 Å². The van der Waals surface area contributed by atoms with Crippen molar-refractivity contribution in [1.29, 1.82) is 0 Å². The Morgan fingerprint density at radius 3 is 2.52 bits per heavy atom. The Morgan fingerprint density at radius 1 is 1.32 bits per heavy atom. The van der Waals surface area contributed by atoms with E-state index in [-0.39, 0.29) is 12.1 Å². The Hall–Kier alpha value is -1.95. The molecule has 25 heavy (non-hydrogen) atoms. The van der Waals surface area contributed by atoms with E-state index in [1.807, 2.05) is 40.8 Å². The van der Waals surface area contributed by atoms with E-state index in [0.717, 1.165) is 28.2 Å². The molecule has 0 aromatic heterocycles. The number of amides is 1. The van der Waals surface area contributed by atoms with Crippen LogP contribution in [-0.2, 0) is 17.7 Å². The maximum absolute atomic E-state index is 12.6. The molecule has 1 aliphatic heterocycles. The van der Waals surface area contributed by atoms with E-state index >= 15 is 0 Å². The number of hydrogen-bond donors (Lipinski definition) is 1. The van der Waals surface area contributed by atoms with Gasteiger partial charge in [-0.1, -0.05) is 0 Å². The normalized spacial score (nSPS) is 17.1. The first-order chi connectivity index (χ1) is 11.7. The molecule has 140 valence electrons. The van der Waals surface area contributed by atoms with Crippen molar-refractivity contribution in [1.82, 2.24) is 10.2 Å². The van der Waals surface area contributed by atoms with Crippen molar-refractivity contribution < 1.29 is 19.0 Å². The molecule has 0 aliphatic carbocycles. The summed E-state index contributed by atoms with van der Waals surface area (Å²) in [6.07, 6.45) is 0.404. The van der Waals surface area contributed by atoms with Gasteiger partial charge in [-0.05, 0) is 47.2 Å². The molecule has 1 atom stereocenters. The Balaban J connectivity index is 2.45. The van der Waals surface area contributed by atoms with Crippen molar-refractivity contribution in [3.63, 3.8) is 0 Å². The third-order valence-electron chi connectivity index (χ3n) is 4.37. The van der Waals surface area contributed by atoms with E-state index < -0.39 is 5.60 Å². The fourth-order valence-electron chi connectivity index (χ4n) is 3.37. The highest BCUT2D eigenvalue weighted by Crippen LogP contribution is 2.43. The SMILES string of the molecule is CNCc1cc(OC)c2c(c1OC)CCN(C(=O)OC(C)(C)C)C2C. The van der Waals surface area contributed by atoms with E-state index in [2.05, 4.69) is 5.32 Å². The van der Waals surface area contributed by atoms with Crippen molar-refractivity contribution in [2.75, 3.05) is 27.8 Å². The van der Waals surface area contributed by atoms with Crippen molar-refractivity contribution in [2.45, 2.75) is 52.3 Å². The average molecular weight is 350 g/mol. The minimum absolute atomic E-state index is 0.147. The summed E-state index contributed by atoms with van der Waals surface area (Å²) in [5.41, 5.74) is 2.64. The van der Waals surface area contributed by atoms with Crippen LogP contribution in [-0.4, -0.2) is 44.4 Å². The van der Waals surface area contributed by atoms with E-state index in [9.17, 15) is 4.79 Å². The monoisotopic (exact) mass is 350 g/mol. The number of ether oxygens (including phenoxy) is 3. The van der Waals surface area contributed by atoms with Gasteiger partial charge in [0.05, 0.1) is 20.3 Å². The highest BCUT2D eigenvalue weighted by Gasteiger charge is 2.35. The lowest BCUT2D eigenvalue weighted by Crippen LogP contribution is -2.42. The van der Waals surface area contributed by atoms with Gasteiger partial charge in [-0.15, -0.1) is 0 Å². The summed E-state index contributed by atoms with van der Waals surface area (Å²) in [5, 5.41) is 3.16. The highest BCUT2D eigenvalue weighted by atomic mass is 16.6. The molecule has 0 saturated heterocycles. The van der Waals surface area contributed by atoms with E-state index in [0.29, 0.717) is 19.5 Å². The van der Waals surface area contributed by atoms with Gasteiger partial charge in [-0.25, -0.2) is 4.79 Å². The maximum Gasteiger partial charge on any atom is 0.410 e. The molecule has 0 saturated carbocycles. The number of nitrogens with zero attached hydrogens (tertiary/aromatic N) is 1. The Labute approximate surface area is 150 Å². The van der Waals surface area contributed by atoms with Crippen LogP contribution in [0.4, 0.5) is 4.79 Å². The summed E-state index contributed by atoms with van der Waals surface area (Å²) in [5.74, 6) is 1.66. The summed E-state index contributed by atoms with van der Waals surface area (Å²) in [6, 6.07) is 1.84. The molecule has 1 aliphatic rings. The van der Waals surface area contributed by atoms with Gasteiger partial charge in [0.15, 0.2) is 0 Å². The molecule has 0 bridgehead atoms. The fourth-order valence-corrected chi connectivity index (χ4v) is 3.37. The number of carbonyl (C=O) groups excluding carboxylic acids is 1. The van der Waals surface area contributed by atoms with Crippen LogP contribution in [0.1, 0.15) is 50.4 Å². The van der Waals surface area contributed by atoms with Crippen LogP contribution in [0.3, 0.4) is 0 Å². The van der Waals surface area contributed by atoms with Crippen LogP contribution in [0.15, 0.2) is 6.07 Å². The standard InChI is InChI=1S/C19H30N2O4/c1-12-16-14(8-9-21(12)18(22)25-19(2,3)4)17(24-7)13(11-20-5)10-15(16)23-6/h10,12,20H,8-9,11H2,1-7H3. The summed E-state index contributed by atoms with van der Waals surface area (Å²) >= 11 is 0. The first kappa shape index (κ1) is 19.4. The molecular weight excluding hydrogens is 320 g/mol. The number of fused-ring (bicyclic) bond motifs is 1. The maximum atomic E-state index is 12.6. The predicted octanol–water partition coefficient (Wildman–Crippen LogP) is 3.28. The molecule has 2 rings (SSSR count). The quantitative estimate of drug-likeness (QED) is 0.903. The van der Waals surface area contributed by atoms with E-state index in [1.54, 1.807) is 19.1 Å². The Bertz CT molecular complexity index is 637. The second-order valence-electron chi connectivity index (χ2n) is 7.29. The molecule has 6 heteroatoms. The van der Waals surface area contributed by atoms with Gasteiger partial charge < -0.3 is 24.4 Å². The molecule has 0 fully saturated rings. The van der Waals surface area contributed by atoms with Crippen LogP contribution in [0.25, 0.3) is 0 Å². The topological polar surface area (TPSA) is 60.0 Å². The molecule has 1 amide bonds. The second-order valence-corrected chi connectivity index (χ2v) is 7.29. The van der Waals surface area contributed by atoms with E-state index in [4.69, 9.17) is 14.2 Å². The molecule has 0 radical (unpaired) electrons. The van der Waals surface area contributed by atoms with Crippen LogP contribution in [0.5, 0.6) is 11.5 Å². The minimum atomic E-state index is -0.518. The average Bonchev–Trinajstić information content (AvgIpc) is 2.52. The van der Waals surface area contributed by atoms with Gasteiger partial charge in [0.2, 0.25) is 0 Å². The first-order valence-electron chi connectivity index (χ1n) is 8.64. The van der Waals surface area contributed by atoms with Gasteiger partial charge in [-0.2, -0.15) is 0 Å². The number of hydrogen-bond acceptors (Lipinski definition) is 5. The van der Waals surface area contributed by atoms with Gasteiger partial charge in [0.1, 0.15) is 17.1 Å². The molecule has 6 nitrogen and oxygen atoms in total. The van der Waals surface area contributed by atoms with E-state index in [1.165, 1.54) is 0 Å². The summed E-state index contributed by atoms with van der Waals surface area (Å²) in [7, 11) is 5.24. The van der Waals surface area contributed by atoms with Crippen molar-refractivity contribution >= 4 is 6.09 Å². The summed E-state index contributed by atoms with van der Waals surface area (Å²) in [6.45, 7) is 8.91. The zero-order valence-corrected chi connectivity index (χ0v) is 16.4. The third kappa shape index (κ3) is 4.00. The Morgan fingerprint density at radius 2 is 2.00 bits per heavy atom. The van der Waals surface area contributed by atoms with Crippen LogP contribution in [0.2, 0.25) is 0 Å². The third-order valence-corrected chi connectivity index (χ3v) is 4.37. The van der Waals surface area contributed by atoms with Crippen molar-refractivity contribution in [3.05, 3.63) is 22.8 Å². The molecule has 1 N–H and O–H groups in total. The lowest BCUT2D eigenvalue weighted by atomic mass is 9.89. The lowest BCUT2D eigenvalue weighted by molar-refractivity contribution is 0.0156. The molecule has 1 aromatic rings. The highest BCUT2D eigenvalue weighted by molar-refractivity contribution is 5.70.